The number of amides is 1. The van der Waals surface area contributed by atoms with E-state index in [1.165, 1.54) is 5.56 Å². The molecule has 0 aliphatic heterocycles. The Morgan fingerprint density at radius 2 is 1.47 bits per heavy atom. The Labute approximate surface area is 202 Å². The van der Waals surface area contributed by atoms with E-state index in [9.17, 15) is 4.79 Å². The number of hydrogen-bond donors (Lipinski definition) is 1. The minimum Gasteiger partial charge on any atom is -0.382 e. The quantitative estimate of drug-likeness (QED) is 0.311. The van der Waals surface area contributed by atoms with Crippen molar-refractivity contribution in [1.82, 2.24) is 15.1 Å². The molecule has 2 rings (SSSR count). The Morgan fingerprint density at radius 3 is 2.00 bits per heavy atom. The van der Waals surface area contributed by atoms with Crippen LogP contribution in [0.15, 0.2) is 36.7 Å². The molecule has 0 fully saturated rings. The van der Waals surface area contributed by atoms with Gasteiger partial charge in [0.25, 0.3) is 5.91 Å². The maximum Gasteiger partial charge on any atom is 0.251 e. The number of nitrogens with zero attached hydrogens (tertiary/aromatic N) is 2. The molecule has 0 radical (unpaired) electrons. The van der Waals surface area contributed by atoms with E-state index in [4.69, 9.17) is 23.7 Å². The van der Waals surface area contributed by atoms with E-state index in [1.807, 2.05) is 35.1 Å². The standard InChI is InChI=1S/C25H39N3O6/c1-4-22-19-27-28(20-22)21(2)23-5-7-24(8-6-23)25(29)26-9-10-31-13-14-33-17-18-34-16-15-32-12-11-30-3/h5-8,19-21H,4,9-18H2,1-3H3,(H,26,29). The molecule has 1 aromatic heterocycles. The van der Waals surface area contributed by atoms with Crippen molar-refractivity contribution in [2.45, 2.75) is 26.3 Å². The number of hydrogen-bond acceptors (Lipinski definition) is 7. The van der Waals surface area contributed by atoms with E-state index < -0.39 is 0 Å². The molecule has 0 spiro atoms. The average molecular weight is 478 g/mol. The molecule has 1 heterocycles. The molecule has 34 heavy (non-hydrogen) atoms. The predicted molar refractivity (Wildman–Crippen MR) is 129 cm³/mol. The van der Waals surface area contributed by atoms with E-state index in [1.54, 1.807) is 7.11 Å². The summed E-state index contributed by atoms with van der Waals surface area (Å²) in [6, 6.07) is 7.74. The third-order valence-electron chi connectivity index (χ3n) is 5.20. The highest BCUT2D eigenvalue weighted by Gasteiger charge is 2.11. The summed E-state index contributed by atoms with van der Waals surface area (Å²) in [6.45, 7) is 9.30. The van der Waals surface area contributed by atoms with Crippen molar-refractivity contribution in [1.29, 1.82) is 0 Å². The zero-order chi connectivity index (χ0) is 24.4. The van der Waals surface area contributed by atoms with Crippen LogP contribution in [-0.2, 0) is 30.1 Å². The SMILES string of the molecule is CCc1cnn(C(C)c2ccc(C(=O)NCCOCCOCCOCCOCCOC)cc2)c1. The van der Waals surface area contributed by atoms with Gasteiger partial charge >= 0.3 is 0 Å². The molecule has 190 valence electrons. The minimum absolute atomic E-state index is 0.111. The lowest BCUT2D eigenvalue weighted by Gasteiger charge is -2.13. The van der Waals surface area contributed by atoms with E-state index in [2.05, 4.69) is 30.5 Å². The number of carbonyl (C=O) groups excluding carboxylic acids is 1. The first-order valence-corrected chi connectivity index (χ1v) is 11.9. The van der Waals surface area contributed by atoms with Crippen molar-refractivity contribution in [2.24, 2.45) is 0 Å². The lowest BCUT2D eigenvalue weighted by molar-refractivity contribution is -0.00745. The van der Waals surface area contributed by atoms with Crippen LogP contribution in [0.5, 0.6) is 0 Å². The predicted octanol–water partition coefficient (Wildman–Crippen LogP) is 2.50. The summed E-state index contributed by atoms with van der Waals surface area (Å²) in [4.78, 5) is 12.3. The van der Waals surface area contributed by atoms with Crippen LogP contribution in [0.1, 0.15) is 41.4 Å². The van der Waals surface area contributed by atoms with Crippen molar-refractivity contribution < 1.29 is 28.5 Å². The molecule has 0 aliphatic carbocycles. The van der Waals surface area contributed by atoms with Gasteiger partial charge in [-0.2, -0.15) is 5.10 Å². The van der Waals surface area contributed by atoms with Crippen LogP contribution in [0.2, 0.25) is 0 Å². The van der Waals surface area contributed by atoms with Gasteiger partial charge in [-0.1, -0.05) is 19.1 Å². The van der Waals surface area contributed by atoms with Gasteiger partial charge in [0.1, 0.15) is 0 Å². The summed E-state index contributed by atoms with van der Waals surface area (Å²) in [7, 11) is 1.64. The number of methoxy groups -OCH3 is 1. The van der Waals surface area contributed by atoms with Gasteiger partial charge in [0, 0.05) is 25.4 Å². The van der Waals surface area contributed by atoms with Crippen molar-refractivity contribution in [3.8, 4) is 0 Å². The number of aryl methyl sites for hydroxylation is 1. The van der Waals surface area contributed by atoms with E-state index in [0.29, 0.717) is 71.6 Å². The first-order valence-electron chi connectivity index (χ1n) is 11.9. The van der Waals surface area contributed by atoms with Gasteiger partial charge in [-0.25, -0.2) is 0 Å². The van der Waals surface area contributed by atoms with Crippen LogP contribution in [0.4, 0.5) is 0 Å². The first-order chi connectivity index (χ1) is 16.7. The molecule has 0 saturated carbocycles. The highest BCUT2D eigenvalue weighted by Crippen LogP contribution is 2.18. The molecule has 1 aromatic carbocycles. The summed E-state index contributed by atoms with van der Waals surface area (Å²) in [6.07, 6.45) is 4.92. The fourth-order valence-electron chi connectivity index (χ4n) is 3.08. The molecule has 1 atom stereocenters. The third kappa shape index (κ3) is 10.8. The molecule has 1 unspecified atom stereocenters. The van der Waals surface area contributed by atoms with Crippen LogP contribution >= 0.6 is 0 Å². The lowest BCUT2D eigenvalue weighted by Crippen LogP contribution is -2.27. The fourth-order valence-corrected chi connectivity index (χ4v) is 3.08. The maximum absolute atomic E-state index is 12.3. The zero-order valence-electron chi connectivity index (χ0n) is 20.7. The summed E-state index contributed by atoms with van der Waals surface area (Å²) in [5.74, 6) is -0.116. The number of benzene rings is 1. The molecule has 0 aliphatic rings. The van der Waals surface area contributed by atoms with Gasteiger partial charge in [0.15, 0.2) is 0 Å². The van der Waals surface area contributed by atoms with Crippen LogP contribution in [0, 0.1) is 0 Å². The Kier molecular flexibility index (Phi) is 14.1. The zero-order valence-corrected chi connectivity index (χ0v) is 20.7. The second kappa shape index (κ2) is 17.2. The molecule has 0 bridgehead atoms. The topological polar surface area (TPSA) is 93.1 Å². The van der Waals surface area contributed by atoms with Gasteiger partial charge in [-0.05, 0) is 36.6 Å². The highest BCUT2D eigenvalue weighted by molar-refractivity contribution is 5.94. The highest BCUT2D eigenvalue weighted by atomic mass is 16.6. The molecule has 9 nitrogen and oxygen atoms in total. The molecular weight excluding hydrogens is 438 g/mol. The van der Waals surface area contributed by atoms with Crippen LogP contribution in [-0.4, -0.2) is 88.8 Å². The Bertz CT molecular complexity index is 796. The monoisotopic (exact) mass is 477 g/mol. The smallest absolute Gasteiger partial charge is 0.251 e. The number of aromatic nitrogens is 2. The van der Waals surface area contributed by atoms with E-state index >= 15 is 0 Å². The first kappa shape index (κ1) is 27.9. The average Bonchev–Trinajstić information content (AvgIpc) is 3.35. The largest absolute Gasteiger partial charge is 0.382 e. The molecule has 2 aromatic rings. The van der Waals surface area contributed by atoms with Gasteiger partial charge in [0.2, 0.25) is 0 Å². The maximum atomic E-state index is 12.3. The van der Waals surface area contributed by atoms with Crippen LogP contribution in [0.25, 0.3) is 0 Å². The molecule has 0 saturated heterocycles. The van der Waals surface area contributed by atoms with Gasteiger partial charge in [-0.3, -0.25) is 9.48 Å². The second-order valence-corrected chi connectivity index (χ2v) is 7.68. The summed E-state index contributed by atoms with van der Waals surface area (Å²) in [5.41, 5.74) is 2.94. The second-order valence-electron chi connectivity index (χ2n) is 7.68. The van der Waals surface area contributed by atoms with Crippen LogP contribution < -0.4 is 5.32 Å². The van der Waals surface area contributed by atoms with Gasteiger partial charge < -0.3 is 29.0 Å². The van der Waals surface area contributed by atoms with Gasteiger partial charge in [0.05, 0.1) is 71.7 Å². The van der Waals surface area contributed by atoms with Gasteiger partial charge in [-0.15, -0.1) is 0 Å². The molecular formula is C25H39N3O6. The number of carbonyl (C=O) groups is 1. The summed E-state index contributed by atoms with van der Waals surface area (Å²) in [5, 5.41) is 7.30. The molecule has 1 amide bonds. The molecule has 9 heteroatoms. The third-order valence-corrected chi connectivity index (χ3v) is 5.20. The van der Waals surface area contributed by atoms with Crippen molar-refractivity contribution in [3.05, 3.63) is 53.3 Å². The Hall–Kier alpha value is -2.30. The number of ether oxygens (including phenoxy) is 5. The molecule has 1 N–H and O–H groups in total. The van der Waals surface area contributed by atoms with Crippen LogP contribution in [0.3, 0.4) is 0 Å². The van der Waals surface area contributed by atoms with E-state index in [0.717, 1.165) is 12.0 Å². The van der Waals surface area contributed by atoms with E-state index in [-0.39, 0.29) is 11.9 Å². The minimum atomic E-state index is -0.116. The Balaban J connectivity index is 1.49. The normalized spacial score (nSPS) is 12.1. The summed E-state index contributed by atoms with van der Waals surface area (Å²) >= 11 is 0. The van der Waals surface area contributed by atoms with Crippen molar-refractivity contribution in [3.63, 3.8) is 0 Å². The number of nitrogens with one attached hydrogen (secondary N) is 1. The lowest BCUT2D eigenvalue weighted by atomic mass is 10.1. The Morgan fingerprint density at radius 1 is 0.912 bits per heavy atom. The summed E-state index contributed by atoms with van der Waals surface area (Å²) < 4.78 is 28.5. The van der Waals surface area contributed by atoms with Crippen molar-refractivity contribution in [2.75, 3.05) is 73.1 Å². The van der Waals surface area contributed by atoms with Crippen molar-refractivity contribution >= 4 is 5.91 Å². The number of rotatable bonds is 19. The fraction of sp³-hybridized carbons (Fsp3) is 0.600.